The summed E-state index contributed by atoms with van der Waals surface area (Å²) in [5, 5.41) is 19.0. The number of hydrogen-bond acceptors (Lipinski definition) is 3. The summed E-state index contributed by atoms with van der Waals surface area (Å²) in [5.74, 6) is 1.17. The summed E-state index contributed by atoms with van der Waals surface area (Å²) in [6.07, 6.45) is 10.8. The minimum absolute atomic E-state index is 0.00413. The molecular formula is C18H25NO2. The standard InChI is InChI=1S/C18H25NO2/c1-2-18-11-10-16-14(15(18)8-9-17(18)20)7-6-13(21-16)5-3-4-12-19/h8,13,17,20H,2-7,9-11H2,1H3. The molecule has 0 aromatic rings. The molecule has 3 nitrogen and oxygen atoms in total. The van der Waals surface area contributed by atoms with Crippen LogP contribution in [0.1, 0.15) is 64.7 Å². The van der Waals surface area contributed by atoms with Crippen LogP contribution in [-0.2, 0) is 4.74 Å². The van der Waals surface area contributed by atoms with Gasteiger partial charge in [0.25, 0.3) is 0 Å². The lowest BCUT2D eigenvalue weighted by atomic mass is 9.66. The third kappa shape index (κ3) is 2.40. The van der Waals surface area contributed by atoms with Crippen molar-refractivity contribution in [1.82, 2.24) is 0 Å². The molecule has 0 bridgehead atoms. The molecule has 0 spiro atoms. The number of rotatable bonds is 4. The van der Waals surface area contributed by atoms with Gasteiger partial charge in [0, 0.05) is 18.3 Å². The van der Waals surface area contributed by atoms with Gasteiger partial charge in [-0.2, -0.15) is 5.26 Å². The zero-order chi connectivity index (χ0) is 14.9. The van der Waals surface area contributed by atoms with Gasteiger partial charge in [0.05, 0.1) is 24.0 Å². The fraction of sp³-hybridized carbons (Fsp3) is 0.722. The van der Waals surface area contributed by atoms with Crippen molar-refractivity contribution in [2.24, 2.45) is 5.41 Å². The first-order valence-corrected chi connectivity index (χ1v) is 8.36. The fourth-order valence-corrected chi connectivity index (χ4v) is 4.38. The second-order valence-electron chi connectivity index (χ2n) is 6.61. The molecule has 3 unspecified atom stereocenters. The molecule has 1 heterocycles. The summed E-state index contributed by atoms with van der Waals surface area (Å²) in [4.78, 5) is 0. The molecule has 2 aliphatic carbocycles. The van der Waals surface area contributed by atoms with E-state index in [4.69, 9.17) is 10.00 Å². The van der Waals surface area contributed by atoms with E-state index in [0.29, 0.717) is 6.42 Å². The van der Waals surface area contributed by atoms with Crippen LogP contribution in [0.25, 0.3) is 0 Å². The van der Waals surface area contributed by atoms with Gasteiger partial charge in [-0.05, 0) is 56.1 Å². The highest BCUT2D eigenvalue weighted by Gasteiger charge is 2.48. The molecule has 0 fully saturated rings. The first-order valence-electron chi connectivity index (χ1n) is 8.36. The maximum Gasteiger partial charge on any atom is 0.0999 e. The SMILES string of the molecule is CCC12CCC3=C(CCC(CCCC#N)O3)C1=CCC2O. The van der Waals surface area contributed by atoms with E-state index in [1.807, 2.05) is 0 Å². The average molecular weight is 287 g/mol. The summed E-state index contributed by atoms with van der Waals surface area (Å²) in [6.45, 7) is 2.20. The Balaban J connectivity index is 1.75. The normalized spacial score (nSPS) is 34.6. The zero-order valence-corrected chi connectivity index (χ0v) is 12.9. The Morgan fingerprint density at radius 3 is 3.10 bits per heavy atom. The number of nitriles is 1. The van der Waals surface area contributed by atoms with Gasteiger partial charge >= 0.3 is 0 Å². The summed E-state index contributed by atoms with van der Waals surface area (Å²) >= 11 is 0. The first kappa shape index (κ1) is 14.7. The molecule has 0 saturated carbocycles. The van der Waals surface area contributed by atoms with Crippen molar-refractivity contribution >= 4 is 0 Å². The number of nitrogens with zero attached hydrogens (tertiary/aromatic N) is 1. The third-order valence-corrected chi connectivity index (χ3v) is 5.65. The lowest BCUT2D eigenvalue weighted by Crippen LogP contribution is -2.37. The second kappa shape index (κ2) is 5.85. The lowest BCUT2D eigenvalue weighted by molar-refractivity contribution is 0.0289. The molecule has 0 saturated heterocycles. The van der Waals surface area contributed by atoms with E-state index in [-0.39, 0.29) is 17.6 Å². The van der Waals surface area contributed by atoms with E-state index >= 15 is 0 Å². The van der Waals surface area contributed by atoms with Gasteiger partial charge in [-0.3, -0.25) is 0 Å². The maximum atomic E-state index is 10.4. The van der Waals surface area contributed by atoms with Gasteiger partial charge in [-0.15, -0.1) is 0 Å². The van der Waals surface area contributed by atoms with E-state index in [9.17, 15) is 5.11 Å². The van der Waals surface area contributed by atoms with Crippen LogP contribution in [0.2, 0.25) is 0 Å². The quantitative estimate of drug-likeness (QED) is 0.795. The van der Waals surface area contributed by atoms with Crippen LogP contribution in [0.15, 0.2) is 23.0 Å². The van der Waals surface area contributed by atoms with Crippen molar-refractivity contribution in [2.75, 3.05) is 0 Å². The Morgan fingerprint density at radius 1 is 1.48 bits per heavy atom. The molecule has 0 aromatic heterocycles. The van der Waals surface area contributed by atoms with Crippen molar-refractivity contribution in [3.05, 3.63) is 23.0 Å². The molecule has 21 heavy (non-hydrogen) atoms. The molecule has 0 aromatic carbocycles. The topological polar surface area (TPSA) is 53.2 Å². The van der Waals surface area contributed by atoms with Gasteiger partial charge in [-0.1, -0.05) is 13.0 Å². The maximum absolute atomic E-state index is 10.4. The van der Waals surface area contributed by atoms with Gasteiger partial charge in [0.2, 0.25) is 0 Å². The van der Waals surface area contributed by atoms with Gasteiger partial charge in [-0.25, -0.2) is 0 Å². The highest BCUT2D eigenvalue weighted by Crippen LogP contribution is 2.55. The van der Waals surface area contributed by atoms with Crippen molar-refractivity contribution < 1.29 is 9.84 Å². The van der Waals surface area contributed by atoms with Crippen LogP contribution in [0, 0.1) is 16.7 Å². The van der Waals surface area contributed by atoms with Crippen molar-refractivity contribution in [3.8, 4) is 6.07 Å². The highest BCUT2D eigenvalue weighted by molar-refractivity contribution is 5.46. The number of ether oxygens (including phenoxy) is 1. The largest absolute Gasteiger partial charge is 0.494 e. The monoisotopic (exact) mass is 287 g/mol. The molecule has 3 heteroatoms. The van der Waals surface area contributed by atoms with E-state index in [2.05, 4.69) is 19.1 Å². The molecule has 114 valence electrons. The Hall–Kier alpha value is -1.27. The van der Waals surface area contributed by atoms with Crippen LogP contribution in [0.3, 0.4) is 0 Å². The van der Waals surface area contributed by atoms with E-state index < -0.39 is 0 Å². The van der Waals surface area contributed by atoms with Gasteiger partial charge in [0.15, 0.2) is 0 Å². The number of hydrogen-bond donors (Lipinski definition) is 1. The Kier molecular flexibility index (Phi) is 4.08. The van der Waals surface area contributed by atoms with Crippen molar-refractivity contribution in [2.45, 2.75) is 76.9 Å². The minimum atomic E-state index is -0.208. The number of allylic oxidation sites excluding steroid dienone is 2. The second-order valence-corrected chi connectivity index (χ2v) is 6.61. The predicted octanol–water partition coefficient (Wildman–Crippen LogP) is 3.99. The first-order chi connectivity index (χ1) is 10.2. The third-order valence-electron chi connectivity index (χ3n) is 5.65. The van der Waals surface area contributed by atoms with Crippen LogP contribution in [-0.4, -0.2) is 17.3 Å². The summed E-state index contributed by atoms with van der Waals surface area (Å²) in [5.41, 5.74) is 2.76. The summed E-state index contributed by atoms with van der Waals surface area (Å²) in [6, 6.07) is 2.21. The number of aliphatic hydroxyl groups excluding tert-OH is 1. The Morgan fingerprint density at radius 2 is 2.33 bits per heavy atom. The molecule has 1 aliphatic heterocycles. The predicted molar refractivity (Wildman–Crippen MR) is 81.3 cm³/mol. The van der Waals surface area contributed by atoms with Crippen LogP contribution in [0.4, 0.5) is 0 Å². The summed E-state index contributed by atoms with van der Waals surface area (Å²) in [7, 11) is 0. The Labute approximate surface area is 127 Å². The van der Waals surface area contributed by atoms with Crippen LogP contribution < -0.4 is 0 Å². The average Bonchev–Trinajstić information content (AvgIpc) is 2.85. The number of fused-ring (bicyclic) bond motifs is 2. The highest BCUT2D eigenvalue weighted by atomic mass is 16.5. The van der Waals surface area contributed by atoms with E-state index in [0.717, 1.165) is 51.4 Å². The minimum Gasteiger partial charge on any atom is -0.494 e. The molecular weight excluding hydrogens is 262 g/mol. The van der Waals surface area contributed by atoms with E-state index in [1.165, 1.54) is 16.9 Å². The molecule has 0 radical (unpaired) electrons. The van der Waals surface area contributed by atoms with Crippen molar-refractivity contribution in [1.29, 1.82) is 5.26 Å². The summed E-state index contributed by atoms with van der Waals surface area (Å²) < 4.78 is 6.22. The fourth-order valence-electron chi connectivity index (χ4n) is 4.38. The lowest BCUT2D eigenvalue weighted by Gasteiger charge is -2.43. The molecule has 1 N–H and O–H groups in total. The molecule has 3 rings (SSSR count). The van der Waals surface area contributed by atoms with Gasteiger partial charge < -0.3 is 9.84 Å². The van der Waals surface area contributed by atoms with E-state index in [1.54, 1.807) is 0 Å². The zero-order valence-electron chi connectivity index (χ0n) is 12.9. The molecule has 3 aliphatic rings. The van der Waals surface area contributed by atoms with Crippen molar-refractivity contribution in [3.63, 3.8) is 0 Å². The molecule has 3 atom stereocenters. The van der Waals surface area contributed by atoms with Crippen LogP contribution >= 0.6 is 0 Å². The smallest absolute Gasteiger partial charge is 0.0999 e. The number of aliphatic hydroxyl groups is 1. The number of unbranched alkanes of at least 4 members (excludes halogenated alkanes) is 1. The Bertz CT molecular complexity index is 514. The van der Waals surface area contributed by atoms with Crippen LogP contribution in [0.5, 0.6) is 0 Å². The molecule has 0 amide bonds. The van der Waals surface area contributed by atoms with Gasteiger partial charge in [0.1, 0.15) is 0 Å².